The van der Waals surface area contributed by atoms with Gasteiger partial charge in [0.05, 0.1) is 6.61 Å². The highest BCUT2D eigenvalue weighted by atomic mass is 32.2. The van der Waals surface area contributed by atoms with E-state index in [1.54, 1.807) is 11.3 Å². The molecule has 4 heteroatoms. The van der Waals surface area contributed by atoms with Gasteiger partial charge in [-0.3, -0.25) is 0 Å². The molecule has 0 saturated heterocycles. The zero-order valence-corrected chi connectivity index (χ0v) is 9.28. The Bertz CT molecular complexity index is 462. The molecule has 0 aliphatic rings. The van der Waals surface area contributed by atoms with E-state index < -0.39 is 0 Å². The molecule has 2 nitrogen and oxygen atoms in total. The Balaban J connectivity index is 2.79. The highest BCUT2D eigenvalue weighted by Gasteiger charge is 2.12. The van der Waals surface area contributed by atoms with Crippen molar-refractivity contribution in [3.8, 4) is 5.75 Å². The second kappa shape index (κ2) is 3.81. The molecule has 1 aromatic heterocycles. The van der Waals surface area contributed by atoms with Crippen LogP contribution in [-0.4, -0.2) is 16.5 Å². The van der Waals surface area contributed by atoms with Crippen molar-refractivity contribution in [2.75, 3.05) is 6.26 Å². The number of aliphatic hydroxyl groups is 1. The minimum absolute atomic E-state index is 0.0323. The number of thioether (sulfide) groups is 1. The highest BCUT2D eigenvalue weighted by Crippen LogP contribution is 2.43. The molecular weight excluding hydrogens is 216 g/mol. The first-order valence-electron chi connectivity index (χ1n) is 4.16. The Kier molecular flexibility index (Phi) is 2.67. The predicted octanol–water partition coefficient (Wildman–Crippen LogP) is 2.82. The van der Waals surface area contributed by atoms with Crippen LogP contribution in [0.25, 0.3) is 10.1 Å². The summed E-state index contributed by atoms with van der Waals surface area (Å²) in [5.41, 5.74) is 0.788. The maximum absolute atomic E-state index is 9.88. The maximum Gasteiger partial charge on any atom is 0.148 e. The standard InChI is InChI=1S/C10H10O2S2/c1-13-10-9(12)8-6(5-11)3-2-4-7(8)14-10/h2-4,11-12H,5H2,1H3. The Morgan fingerprint density at radius 1 is 1.43 bits per heavy atom. The van der Waals surface area contributed by atoms with Gasteiger partial charge in [0.15, 0.2) is 0 Å². The van der Waals surface area contributed by atoms with Crippen LogP contribution < -0.4 is 0 Å². The third-order valence-electron chi connectivity index (χ3n) is 2.10. The molecule has 0 radical (unpaired) electrons. The van der Waals surface area contributed by atoms with Crippen LogP contribution in [0.2, 0.25) is 0 Å². The number of hydrogen-bond donors (Lipinski definition) is 2. The molecule has 74 valence electrons. The first-order chi connectivity index (χ1) is 6.77. The van der Waals surface area contributed by atoms with Gasteiger partial charge >= 0.3 is 0 Å². The third-order valence-corrected chi connectivity index (χ3v) is 4.35. The SMILES string of the molecule is CSc1sc2cccc(CO)c2c1O. The van der Waals surface area contributed by atoms with Crippen LogP contribution in [0.3, 0.4) is 0 Å². The van der Waals surface area contributed by atoms with E-state index in [1.807, 2.05) is 24.5 Å². The summed E-state index contributed by atoms with van der Waals surface area (Å²) < 4.78 is 1.93. The van der Waals surface area contributed by atoms with Crippen LogP contribution in [0.15, 0.2) is 22.4 Å². The molecule has 1 aromatic carbocycles. The lowest BCUT2D eigenvalue weighted by Crippen LogP contribution is -1.82. The summed E-state index contributed by atoms with van der Waals surface area (Å²) in [6.45, 7) is -0.0323. The van der Waals surface area contributed by atoms with Gasteiger partial charge in [0.25, 0.3) is 0 Å². The molecule has 0 unspecified atom stereocenters. The first kappa shape index (κ1) is 9.83. The van der Waals surface area contributed by atoms with Gasteiger partial charge in [-0.15, -0.1) is 23.1 Å². The predicted molar refractivity (Wildman–Crippen MR) is 61.2 cm³/mol. The van der Waals surface area contributed by atoms with Crippen LogP contribution in [0.5, 0.6) is 5.75 Å². The smallest absolute Gasteiger partial charge is 0.148 e. The van der Waals surface area contributed by atoms with Crippen molar-refractivity contribution in [3.63, 3.8) is 0 Å². The number of rotatable bonds is 2. The van der Waals surface area contributed by atoms with Crippen LogP contribution in [0.4, 0.5) is 0 Å². The fourth-order valence-electron chi connectivity index (χ4n) is 1.45. The molecule has 2 N–H and O–H groups in total. The lowest BCUT2D eigenvalue weighted by molar-refractivity contribution is 0.283. The minimum atomic E-state index is -0.0323. The summed E-state index contributed by atoms with van der Waals surface area (Å²) in [4.78, 5) is 0. The fourth-order valence-corrected chi connectivity index (χ4v) is 3.22. The van der Waals surface area contributed by atoms with Gasteiger partial charge in [0, 0.05) is 10.1 Å². The average molecular weight is 226 g/mol. The van der Waals surface area contributed by atoms with E-state index in [1.165, 1.54) is 11.8 Å². The molecule has 2 rings (SSSR count). The monoisotopic (exact) mass is 226 g/mol. The van der Waals surface area contributed by atoms with Gasteiger partial charge in [0.1, 0.15) is 9.96 Å². The normalized spacial score (nSPS) is 11.0. The average Bonchev–Trinajstić information content (AvgIpc) is 2.55. The summed E-state index contributed by atoms with van der Waals surface area (Å²) in [6.07, 6.45) is 1.93. The van der Waals surface area contributed by atoms with Crippen molar-refractivity contribution >= 4 is 33.2 Å². The van der Waals surface area contributed by atoms with Crippen molar-refractivity contribution in [2.24, 2.45) is 0 Å². The largest absolute Gasteiger partial charge is 0.505 e. The molecule has 0 bridgehead atoms. The van der Waals surface area contributed by atoms with Crippen LogP contribution >= 0.6 is 23.1 Å². The van der Waals surface area contributed by atoms with Gasteiger partial charge < -0.3 is 10.2 Å². The molecule has 0 aliphatic carbocycles. The molecular formula is C10H10O2S2. The van der Waals surface area contributed by atoms with E-state index in [2.05, 4.69) is 0 Å². The number of aromatic hydroxyl groups is 1. The van der Waals surface area contributed by atoms with E-state index in [9.17, 15) is 5.11 Å². The molecule has 0 amide bonds. The summed E-state index contributed by atoms with van der Waals surface area (Å²) in [6, 6.07) is 5.69. The van der Waals surface area contributed by atoms with Gasteiger partial charge in [-0.25, -0.2) is 0 Å². The Morgan fingerprint density at radius 3 is 2.86 bits per heavy atom. The number of thiophene rings is 1. The summed E-state index contributed by atoms with van der Waals surface area (Å²) in [5.74, 6) is 0.308. The third kappa shape index (κ3) is 1.39. The molecule has 0 spiro atoms. The molecule has 0 aliphatic heterocycles. The van der Waals surface area contributed by atoms with Crippen molar-refractivity contribution in [2.45, 2.75) is 10.8 Å². The molecule has 1 heterocycles. The topological polar surface area (TPSA) is 40.5 Å². The van der Waals surface area contributed by atoms with Crippen molar-refractivity contribution in [3.05, 3.63) is 23.8 Å². The first-order valence-corrected chi connectivity index (χ1v) is 6.20. The van der Waals surface area contributed by atoms with E-state index in [0.717, 1.165) is 19.9 Å². The lowest BCUT2D eigenvalue weighted by Gasteiger charge is -1.98. The lowest BCUT2D eigenvalue weighted by atomic mass is 10.1. The summed E-state index contributed by atoms with van der Waals surface area (Å²) in [5, 5.41) is 19.8. The van der Waals surface area contributed by atoms with E-state index in [-0.39, 0.29) is 6.61 Å². The van der Waals surface area contributed by atoms with E-state index in [0.29, 0.717) is 5.75 Å². The number of benzene rings is 1. The van der Waals surface area contributed by atoms with Crippen molar-refractivity contribution in [1.82, 2.24) is 0 Å². The second-order valence-electron chi connectivity index (χ2n) is 2.89. The van der Waals surface area contributed by atoms with Gasteiger partial charge in [-0.1, -0.05) is 12.1 Å². The molecule has 2 aromatic rings. The highest BCUT2D eigenvalue weighted by molar-refractivity contribution is 8.00. The summed E-state index contributed by atoms with van der Waals surface area (Å²) in [7, 11) is 0. The van der Waals surface area contributed by atoms with Crippen molar-refractivity contribution in [1.29, 1.82) is 0 Å². The quantitative estimate of drug-likeness (QED) is 0.774. The van der Waals surface area contributed by atoms with Crippen LogP contribution in [0, 0.1) is 0 Å². The zero-order valence-electron chi connectivity index (χ0n) is 7.65. The van der Waals surface area contributed by atoms with Crippen LogP contribution in [-0.2, 0) is 6.61 Å². The van der Waals surface area contributed by atoms with Crippen molar-refractivity contribution < 1.29 is 10.2 Å². The van der Waals surface area contributed by atoms with Crippen LogP contribution in [0.1, 0.15) is 5.56 Å². The van der Waals surface area contributed by atoms with E-state index in [4.69, 9.17) is 5.11 Å². The number of fused-ring (bicyclic) bond motifs is 1. The summed E-state index contributed by atoms with van der Waals surface area (Å²) >= 11 is 3.08. The fraction of sp³-hybridized carbons (Fsp3) is 0.200. The Labute approximate surface area is 90.2 Å². The Morgan fingerprint density at radius 2 is 2.21 bits per heavy atom. The number of aliphatic hydroxyl groups excluding tert-OH is 1. The number of hydrogen-bond acceptors (Lipinski definition) is 4. The van der Waals surface area contributed by atoms with E-state index >= 15 is 0 Å². The second-order valence-corrected chi connectivity index (χ2v) is 5.02. The van der Waals surface area contributed by atoms with Gasteiger partial charge in [-0.05, 0) is 17.9 Å². The molecule has 0 saturated carbocycles. The molecule has 0 fully saturated rings. The van der Waals surface area contributed by atoms with Gasteiger partial charge in [0.2, 0.25) is 0 Å². The maximum atomic E-state index is 9.88. The minimum Gasteiger partial charge on any atom is -0.505 e. The van der Waals surface area contributed by atoms with Gasteiger partial charge in [-0.2, -0.15) is 0 Å². The molecule has 14 heavy (non-hydrogen) atoms. The zero-order chi connectivity index (χ0) is 10.1. The Hall–Kier alpha value is -0.710. The molecule has 0 atom stereocenters.